The predicted octanol–water partition coefficient (Wildman–Crippen LogP) is 1.32. The highest BCUT2D eigenvalue weighted by Crippen LogP contribution is 2.30. The quantitative estimate of drug-likeness (QED) is 0.670. The van der Waals surface area contributed by atoms with Crippen molar-refractivity contribution in [1.29, 1.82) is 0 Å². The van der Waals surface area contributed by atoms with Crippen molar-refractivity contribution in [3.05, 3.63) is 23.8 Å². The van der Waals surface area contributed by atoms with Crippen LogP contribution in [0, 0.1) is 5.92 Å². The summed E-state index contributed by atoms with van der Waals surface area (Å²) in [5.41, 5.74) is 6.39. The molecule has 0 heterocycles. The van der Waals surface area contributed by atoms with Crippen LogP contribution in [0.15, 0.2) is 18.2 Å². The van der Waals surface area contributed by atoms with Crippen LogP contribution in [0.2, 0.25) is 0 Å². The number of carbonyl (C=O) groups is 2. The first-order valence-corrected chi connectivity index (χ1v) is 5.01. The molecule has 16 heavy (non-hydrogen) atoms. The first-order valence-electron chi connectivity index (χ1n) is 5.01. The van der Waals surface area contributed by atoms with Crippen LogP contribution in [0.1, 0.15) is 23.2 Å². The Balaban J connectivity index is 2.19. The van der Waals surface area contributed by atoms with E-state index < -0.39 is 5.97 Å². The Hall–Kier alpha value is -2.04. The lowest BCUT2D eigenvalue weighted by Crippen LogP contribution is -2.14. The maximum atomic E-state index is 11.5. The molecule has 4 N–H and O–H groups in total. The minimum atomic E-state index is -1.06. The Bertz CT molecular complexity index is 453. The van der Waals surface area contributed by atoms with E-state index in [1.807, 2.05) is 0 Å². The molecular weight excluding hydrogens is 208 g/mol. The molecule has 1 aromatic carbocycles. The molecule has 1 amide bonds. The second-order valence-corrected chi connectivity index (χ2v) is 3.91. The van der Waals surface area contributed by atoms with E-state index in [-0.39, 0.29) is 17.4 Å². The third-order valence-corrected chi connectivity index (χ3v) is 2.42. The van der Waals surface area contributed by atoms with Crippen LogP contribution in [0.4, 0.5) is 11.4 Å². The average Bonchev–Trinajstić information content (AvgIpc) is 2.99. The van der Waals surface area contributed by atoms with Crippen LogP contribution in [0.3, 0.4) is 0 Å². The van der Waals surface area contributed by atoms with Crippen molar-refractivity contribution in [2.75, 3.05) is 11.1 Å². The van der Waals surface area contributed by atoms with Crippen LogP contribution < -0.4 is 11.1 Å². The molecule has 0 saturated heterocycles. The van der Waals surface area contributed by atoms with Gasteiger partial charge in [-0.05, 0) is 31.0 Å². The van der Waals surface area contributed by atoms with Crippen LogP contribution >= 0.6 is 0 Å². The van der Waals surface area contributed by atoms with Gasteiger partial charge in [0.15, 0.2) is 0 Å². The van der Waals surface area contributed by atoms with Gasteiger partial charge in [0.1, 0.15) is 0 Å². The first-order chi connectivity index (χ1) is 7.56. The van der Waals surface area contributed by atoms with Crippen LogP contribution in [-0.4, -0.2) is 17.0 Å². The fourth-order valence-corrected chi connectivity index (χ4v) is 1.44. The second kappa shape index (κ2) is 3.84. The van der Waals surface area contributed by atoms with Gasteiger partial charge in [0.2, 0.25) is 5.91 Å². The molecule has 5 nitrogen and oxygen atoms in total. The van der Waals surface area contributed by atoms with Crippen LogP contribution in [0.5, 0.6) is 0 Å². The average molecular weight is 220 g/mol. The zero-order chi connectivity index (χ0) is 11.7. The Labute approximate surface area is 92.3 Å². The lowest BCUT2D eigenvalue weighted by atomic mass is 10.1. The molecule has 0 aliphatic heterocycles. The summed E-state index contributed by atoms with van der Waals surface area (Å²) in [5.74, 6) is -1.05. The molecule has 0 bridgehead atoms. The van der Waals surface area contributed by atoms with Crippen molar-refractivity contribution in [2.24, 2.45) is 5.92 Å². The highest BCUT2D eigenvalue weighted by molar-refractivity contribution is 5.96. The van der Waals surface area contributed by atoms with Crippen LogP contribution in [0.25, 0.3) is 0 Å². The van der Waals surface area contributed by atoms with E-state index in [1.165, 1.54) is 12.1 Å². The molecular formula is C11H12N2O3. The summed E-state index contributed by atoms with van der Waals surface area (Å²) < 4.78 is 0. The molecule has 0 unspecified atom stereocenters. The highest BCUT2D eigenvalue weighted by atomic mass is 16.4. The first kappa shape index (κ1) is 10.5. The van der Waals surface area contributed by atoms with Gasteiger partial charge in [-0.2, -0.15) is 0 Å². The Morgan fingerprint density at radius 3 is 2.56 bits per heavy atom. The molecule has 0 aromatic heterocycles. The number of carboxylic acid groups (broad SMARTS) is 1. The largest absolute Gasteiger partial charge is 0.478 e. The number of benzene rings is 1. The van der Waals surface area contributed by atoms with Crippen molar-refractivity contribution in [3.63, 3.8) is 0 Å². The van der Waals surface area contributed by atoms with Gasteiger partial charge in [-0.3, -0.25) is 4.79 Å². The molecule has 5 heteroatoms. The normalized spacial score (nSPS) is 14.5. The number of nitrogens with two attached hydrogens (primary N) is 1. The van der Waals surface area contributed by atoms with Gasteiger partial charge in [-0.1, -0.05) is 0 Å². The third kappa shape index (κ3) is 2.31. The number of amides is 1. The zero-order valence-electron chi connectivity index (χ0n) is 8.56. The van der Waals surface area contributed by atoms with Crippen molar-refractivity contribution in [3.8, 4) is 0 Å². The number of carbonyl (C=O) groups excluding carboxylic acids is 1. The fraction of sp³-hybridized carbons (Fsp3) is 0.273. The maximum Gasteiger partial charge on any atom is 0.335 e. The number of hydrogen-bond acceptors (Lipinski definition) is 3. The number of anilines is 2. The smallest absolute Gasteiger partial charge is 0.335 e. The maximum absolute atomic E-state index is 11.5. The van der Waals surface area contributed by atoms with Crippen molar-refractivity contribution < 1.29 is 14.7 Å². The second-order valence-electron chi connectivity index (χ2n) is 3.91. The van der Waals surface area contributed by atoms with E-state index in [4.69, 9.17) is 10.8 Å². The molecule has 1 fully saturated rings. The molecule has 1 saturated carbocycles. The van der Waals surface area contributed by atoms with Crippen molar-refractivity contribution in [2.45, 2.75) is 12.8 Å². The molecule has 0 atom stereocenters. The van der Waals surface area contributed by atoms with Gasteiger partial charge in [-0.15, -0.1) is 0 Å². The van der Waals surface area contributed by atoms with Gasteiger partial charge in [0, 0.05) is 17.3 Å². The van der Waals surface area contributed by atoms with Gasteiger partial charge < -0.3 is 16.2 Å². The summed E-state index contributed by atoms with van der Waals surface area (Å²) in [6.07, 6.45) is 1.81. The van der Waals surface area contributed by atoms with Crippen LogP contribution in [-0.2, 0) is 4.79 Å². The summed E-state index contributed by atoms with van der Waals surface area (Å²) in [6.45, 7) is 0. The highest BCUT2D eigenvalue weighted by Gasteiger charge is 2.29. The molecule has 0 radical (unpaired) electrons. The summed E-state index contributed by atoms with van der Waals surface area (Å²) in [6, 6.07) is 4.31. The Morgan fingerprint density at radius 1 is 1.31 bits per heavy atom. The van der Waals surface area contributed by atoms with Crippen molar-refractivity contribution in [1.82, 2.24) is 0 Å². The number of nitrogens with one attached hydrogen (secondary N) is 1. The molecule has 1 aliphatic rings. The molecule has 84 valence electrons. The minimum absolute atomic E-state index is 0.0676. The molecule has 0 spiro atoms. The summed E-state index contributed by atoms with van der Waals surface area (Å²) in [7, 11) is 0. The van der Waals surface area contributed by atoms with Gasteiger partial charge in [0.05, 0.1) is 5.56 Å². The van der Waals surface area contributed by atoms with E-state index >= 15 is 0 Å². The van der Waals surface area contributed by atoms with E-state index in [9.17, 15) is 9.59 Å². The van der Waals surface area contributed by atoms with Gasteiger partial charge in [0.25, 0.3) is 0 Å². The summed E-state index contributed by atoms with van der Waals surface area (Å²) in [5, 5.41) is 11.5. The third-order valence-electron chi connectivity index (χ3n) is 2.42. The van der Waals surface area contributed by atoms with E-state index in [0.717, 1.165) is 12.8 Å². The predicted molar refractivity (Wildman–Crippen MR) is 59.2 cm³/mol. The summed E-state index contributed by atoms with van der Waals surface area (Å²) >= 11 is 0. The molecule has 2 rings (SSSR count). The standard InChI is InChI=1S/C11H12N2O3/c12-8-3-7(11(15)16)4-9(5-8)13-10(14)6-1-2-6/h3-6H,1-2,12H2,(H,13,14)(H,15,16). The Morgan fingerprint density at radius 2 is 2.00 bits per heavy atom. The van der Waals surface area contributed by atoms with Gasteiger partial charge in [-0.25, -0.2) is 4.79 Å². The topological polar surface area (TPSA) is 92.4 Å². The molecule has 1 aromatic rings. The lowest BCUT2D eigenvalue weighted by Gasteiger charge is -2.06. The Kier molecular flexibility index (Phi) is 2.52. The minimum Gasteiger partial charge on any atom is -0.478 e. The monoisotopic (exact) mass is 220 g/mol. The van der Waals surface area contributed by atoms with E-state index in [1.54, 1.807) is 6.07 Å². The zero-order valence-corrected chi connectivity index (χ0v) is 8.56. The number of carboxylic acids is 1. The SMILES string of the molecule is Nc1cc(NC(=O)C2CC2)cc(C(=O)O)c1. The van der Waals surface area contributed by atoms with Crippen molar-refractivity contribution >= 4 is 23.3 Å². The van der Waals surface area contributed by atoms with Gasteiger partial charge >= 0.3 is 5.97 Å². The fourth-order valence-electron chi connectivity index (χ4n) is 1.44. The van der Waals surface area contributed by atoms with E-state index in [0.29, 0.717) is 11.4 Å². The number of hydrogen-bond donors (Lipinski definition) is 3. The summed E-state index contributed by atoms with van der Waals surface area (Å²) in [4.78, 5) is 22.2. The van der Waals surface area contributed by atoms with E-state index in [2.05, 4.69) is 5.32 Å². The molecule has 1 aliphatic carbocycles. The lowest BCUT2D eigenvalue weighted by molar-refractivity contribution is -0.117. The number of rotatable bonds is 3. The number of aromatic carboxylic acids is 1. The number of nitrogen functional groups attached to an aromatic ring is 1.